The molecule has 0 radical (unpaired) electrons. The first-order valence-electron chi connectivity index (χ1n) is 9.41. The molecule has 0 N–H and O–H groups in total. The number of benzene rings is 3. The molecule has 0 aliphatic heterocycles. The van der Waals surface area contributed by atoms with Gasteiger partial charge in [0.25, 0.3) is 0 Å². The maximum Gasteiger partial charge on any atom is 0.330 e. The second-order valence-electron chi connectivity index (χ2n) is 6.60. The SMILES string of the molecule is C=CC(=O)OCCn1c2ccccc2c2cc(N=Nc3ccc(C#N)cc3)ccc21. The molecule has 146 valence electrons. The predicted molar refractivity (Wildman–Crippen MR) is 116 cm³/mol. The Morgan fingerprint density at radius 3 is 2.47 bits per heavy atom. The highest BCUT2D eigenvalue weighted by atomic mass is 16.5. The molecule has 1 heterocycles. The minimum absolute atomic E-state index is 0.263. The summed E-state index contributed by atoms with van der Waals surface area (Å²) in [5, 5.41) is 19.6. The maximum atomic E-state index is 11.3. The minimum atomic E-state index is -0.429. The molecule has 4 aromatic rings. The molecule has 1 aromatic heterocycles. The van der Waals surface area contributed by atoms with Crippen LogP contribution in [0.2, 0.25) is 0 Å². The van der Waals surface area contributed by atoms with Crippen molar-refractivity contribution in [2.45, 2.75) is 6.54 Å². The van der Waals surface area contributed by atoms with Crippen LogP contribution in [0.25, 0.3) is 21.8 Å². The van der Waals surface area contributed by atoms with Crippen LogP contribution < -0.4 is 0 Å². The number of ether oxygens (including phenoxy) is 1. The fraction of sp³-hybridized carbons (Fsp3) is 0.0833. The molecule has 6 heteroatoms. The lowest BCUT2D eigenvalue weighted by atomic mass is 10.1. The molecule has 6 nitrogen and oxygen atoms in total. The topological polar surface area (TPSA) is 79.7 Å². The lowest BCUT2D eigenvalue weighted by Gasteiger charge is -2.07. The Morgan fingerprint density at radius 1 is 1.00 bits per heavy atom. The van der Waals surface area contributed by atoms with E-state index in [9.17, 15) is 4.79 Å². The number of nitrogens with zero attached hydrogens (tertiary/aromatic N) is 4. The molecule has 0 aliphatic rings. The molecule has 0 saturated heterocycles. The van der Waals surface area contributed by atoms with Crippen molar-refractivity contribution >= 4 is 39.1 Å². The normalized spacial score (nSPS) is 11.0. The molecular formula is C24H18N4O2. The molecule has 30 heavy (non-hydrogen) atoms. The van der Waals surface area contributed by atoms with Crippen LogP contribution in [-0.2, 0) is 16.1 Å². The van der Waals surface area contributed by atoms with Crippen LogP contribution in [0.1, 0.15) is 5.56 Å². The number of hydrogen-bond donors (Lipinski definition) is 0. The van der Waals surface area contributed by atoms with Crippen molar-refractivity contribution in [2.24, 2.45) is 10.2 Å². The van der Waals surface area contributed by atoms with E-state index in [-0.39, 0.29) is 6.61 Å². The van der Waals surface area contributed by atoms with Crippen molar-refractivity contribution in [3.8, 4) is 6.07 Å². The molecule has 0 amide bonds. The predicted octanol–water partition coefficient (Wildman–Crippen LogP) is 5.81. The number of carbonyl (C=O) groups excluding carboxylic acids is 1. The highest BCUT2D eigenvalue weighted by Gasteiger charge is 2.11. The van der Waals surface area contributed by atoms with Crippen molar-refractivity contribution in [3.05, 3.63) is 84.9 Å². The highest BCUT2D eigenvalue weighted by molar-refractivity contribution is 6.08. The molecule has 0 unspecified atom stereocenters. The number of hydrogen-bond acceptors (Lipinski definition) is 5. The summed E-state index contributed by atoms with van der Waals surface area (Å²) in [6.07, 6.45) is 1.16. The Morgan fingerprint density at radius 2 is 1.70 bits per heavy atom. The lowest BCUT2D eigenvalue weighted by Crippen LogP contribution is -2.09. The second-order valence-corrected chi connectivity index (χ2v) is 6.60. The van der Waals surface area contributed by atoms with Gasteiger partial charge in [0.05, 0.1) is 29.6 Å². The van der Waals surface area contributed by atoms with Gasteiger partial charge in [0, 0.05) is 27.9 Å². The number of nitriles is 1. The number of rotatable bonds is 6. The van der Waals surface area contributed by atoms with Gasteiger partial charge in [-0.2, -0.15) is 15.5 Å². The number of carbonyl (C=O) groups is 1. The highest BCUT2D eigenvalue weighted by Crippen LogP contribution is 2.32. The summed E-state index contributed by atoms with van der Waals surface area (Å²) in [5.74, 6) is -0.429. The van der Waals surface area contributed by atoms with Crippen molar-refractivity contribution in [3.63, 3.8) is 0 Å². The number of para-hydroxylation sites is 1. The van der Waals surface area contributed by atoms with Gasteiger partial charge in [0.15, 0.2) is 0 Å². The lowest BCUT2D eigenvalue weighted by molar-refractivity contribution is -0.137. The summed E-state index contributed by atoms with van der Waals surface area (Å²) in [4.78, 5) is 11.3. The van der Waals surface area contributed by atoms with Gasteiger partial charge in [-0.3, -0.25) is 0 Å². The molecule has 4 rings (SSSR count). The van der Waals surface area contributed by atoms with E-state index < -0.39 is 5.97 Å². The average Bonchev–Trinajstić information content (AvgIpc) is 3.11. The Labute approximate surface area is 173 Å². The monoisotopic (exact) mass is 394 g/mol. The van der Waals surface area contributed by atoms with E-state index in [1.165, 1.54) is 0 Å². The molecule has 0 atom stereocenters. The van der Waals surface area contributed by atoms with Crippen molar-refractivity contribution in [1.29, 1.82) is 5.26 Å². The third-order valence-corrected chi connectivity index (χ3v) is 4.76. The fourth-order valence-corrected chi connectivity index (χ4v) is 3.36. The van der Waals surface area contributed by atoms with Crippen LogP contribution >= 0.6 is 0 Å². The van der Waals surface area contributed by atoms with Crippen LogP contribution in [0.15, 0.2) is 89.6 Å². The van der Waals surface area contributed by atoms with E-state index in [4.69, 9.17) is 10.00 Å². The van der Waals surface area contributed by atoms with Crippen molar-refractivity contribution in [2.75, 3.05) is 6.61 Å². The van der Waals surface area contributed by atoms with Crippen LogP contribution in [0.5, 0.6) is 0 Å². The van der Waals surface area contributed by atoms with E-state index >= 15 is 0 Å². The summed E-state index contributed by atoms with van der Waals surface area (Å²) in [7, 11) is 0. The second kappa shape index (κ2) is 8.41. The Bertz CT molecular complexity index is 1310. The first-order valence-corrected chi connectivity index (χ1v) is 9.41. The average molecular weight is 394 g/mol. The fourth-order valence-electron chi connectivity index (χ4n) is 3.36. The molecule has 0 saturated carbocycles. The first kappa shape index (κ1) is 19.1. The van der Waals surface area contributed by atoms with E-state index in [1.54, 1.807) is 24.3 Å². The number of aromatic nitrogens is 1. The van der Waals surface area contributed by atoms with E-state index in [1.807, 2.05) is 36.4 Å². The van der Waals surface area contributed by atoms with Crippen LogP contribution in [0.3, 0.4) is 0 Å². The van der Waals surface area contributed by atoms with Crippen LogP contribution in [-0.4, -0.2) is 17.1 Å². The van der Waals surface area contributed by atoms with Gasteiger partial charge in [0.1, 0.15) is 6.61 Å². The first-order chi connectivity index (χ1) is 14.7. The number of fused-ring (bicyclic) bond motifs is 3. The van der Waals surface area contributed by atoms with Gasteiger partial charge in [-0.25, -0.2) is 4.79 Å². The smallest absolute Gasteiger partial charge is 0.330 e. The largest absolute Gasteiger partial charge is 0.461 e. The molecule has 0 aliphatic carbocycles. The summed E-state index contributed by atoms with van der Waals surface area (Å²) in [6, 6.07) is 23.0. The zero-order chi connectivity index (χ0) is 20.9. The van der Waals surface area contributed by atoms with Gasteiger partial charge in [-0.05, 0) is 48.5 Å². The van der Waals surface area contributed by atoms with Gasteiger partial charge in [0.2, 0.25) is 0 Å². The third-order valence-electron chi connectivity index (χ3n) is 4.76. The Hall–Kier alpha value is -4.24. The Kier molecular flexibility index (Phi) is 5.35. The summed E-state index contributed by atoms with van der Waals surface area (Å²) < 4.78 is 7.29. The third kappa shape index (κ3) is 3.82. The van der Waals surface area contributed by atoms with Gasteiger partial charge < -0.3 is 9.30 Å². The van der Waals surface area contributed by atoms with Crippen LogP contribution in [0, 0.1) is 11.3 Å². The molecular weight excluding hydrogens is 376 g/mol. The summed E-state index contributed by atoms with van der Waals surface area (Å²) in [5.41, 5.74) is 4.09. The molecule has 3 aromatic carbocycles. The van der Waals surface area contributed by atoms with Gasteiger partial charge in [-0.15, -0.1) is 0 Å². The van der Waals surface area contributed by atoms with E-state index in [0.29, 0.717) is 17.8 Å². The van der Waals surface area contributed by atoms with E-state index in [0.717, 1.165) is 33.6 Å². The summed E-state index contributed by atoms with van der Waals surface area (Å²) in [6.45, 7) is 4.22. The standard InChI is InChI=1S/C24H18N4O2/c1-2-24(29)30-14-13-28-22-6-4-3-5-20(22)21-15-19(11-12-23(21)28)27-26-18-9-7-17(16-25)8-10-18/h2-12,15H,1,13-14H2. The number of esters is 1. The maximum absolute atomic E-state index is 11.3. The number of azo groups is 1. The minimum Gasteiger partial charge on any atom is -0.461 e. The van der Waals surface area contributed by atoms with Crippen molar-refractivity contribution < 1.29 is 9.53 Å². The molecule has 0 bridgehead atoms. The van der Waals surface area contributed by atoms with Gasteiger partial charge in [-0.1, -0.05) is 24.8 Å². The van der Waals surface area contributed by atoms with E-state index in [2.05, 4.69) is 33.5 Å². The zero-order valence-electron chi connectivity index (χ0n) is 16.2. The molecule has 0 fully saturated rings. The Balaban J connectivity index is 1.67. The summed E-state index contributed by atoms with van der Waals surface area (Å²) >= 11 is 0. The van der Waals surface area contributed by atoms with Crippen molar-refractivity contribution in [1.82, 2.24) is 4.57 Å². The van der Waals surface area contributed by atoms with Crippen LogP contribution in [0.4, 0.5) is 11.4 Å². The van der Waals surface area contributed by atoms with Gasteiger partial charge >= 0.3 is 5.97 Å². The zero-order valence-corrected chi connectivity index (χ0v) is 16.2. The quantitative estimate of drug-likeness (QED) is 0.235. The molecule has 0 spiro atoms.